The molecule has 1 atom stereocenters. The predicted molar refractivity (Wildman–Crippen MR) is 95.6 cm³/mol. The number of hydrogen-bond donors (Lipinski definition) is 0. The van der Waals surface area contributed by atoms with E-state index >= 15 is 0 Å². The molecule has 1 aliphatic rings. The number of likely N-dealkylation sites (tertiary alicyclic amines) is 1. The first kappa shape index (κ1) is 20.0. The molecular formula is C19H27NO6. The van der Waals surface area contributed by atoms with Gasteiger partial charge in [0.25, 0.3) is 0 Å². The van der Waals surface area contributed by atoms with E-state index in [1.165, 1.54) is 21.3 Å². The fourth-order valence-corrected chi connectivity index (χ4v) is 3.10. The zero-order valence-corrected chi connectivity index (χ0v) is 15.7. The van der Waals surface area contributed by atoms with Crippen LogP contribution in [0.25, 0.3) is 0 Å². The highest BCUT2D eigenvalue weighted by Gasteiger charge is 2.32. The van der Waals surface area contributed by atoms with Crippen molar-refractivity contribution in [3.63, 3.8) is 0 Å². The van der Waals surface area contributed by atoms with Crippen molar-refractivity contribution in [1.29, 1.82) is 0 Å². The van der Waals surface area contributed by atoms with Crippen LogP contribution in [0.1, 0.15) is 32.1 Å². The molecule has 0 spiro atoms. The number of rotatable bonds is 7. The van der Waals surface area contributed by atoms with Gasteiger partial charge in [-0.05, 0) is 38.1 Å². The van der Waals surface area contributed by atoms with Crippen LogP contribution in [-0.4, -0.2) is 57.3 Å². The molecule has 1 fully saturated rings. The zero-order valence-electron chi connectivity index (χ0n) is 15.7. The van der Waals surface area contributed by atoms with Gasteiger partial charge in [0.2, 0.25) is 5.75 Å². The highest BCUT2D eigenvalue weighted by Crippen LogP contribution is 2.37. The Balaban J connectivity index is 2.24. The van der Waals surface area contributed by atoms with E-state index < -0.39 is 18.0 Å². The van der Waals surface area contributed by atoms with Gasteiger partial charge in [0.05, 0.1) is 27.8 Å². The zero-order chi connectivity index (χ0) is 18.9. The Bertz CT molecular complexity index is 588. The SMILES string of the molecule is COC(=O)CC(C(=O)Oc1c(OC)cccc1OC)N1CCCCCC1. The summed E-state index contributed by atoms with van der Waals surface area (Å²) in [4.78, 5) is 26.8. The highest BCUT2D eigenvalue weighted by molar-refractivity contribution is 5.85. The van der Waals surface area contributed by atoms with E-state index in [0.29, 0.717) is 11.5 Å². The summed E-state index contributed by atoms with van der Waals surface area (Å²) in [6.07, 6.45) is 4.17. The van der Waals surface area contributed by atoms with Gasteiger partial charge in [-0.15, -0.1) is 0 Å². The topological polar surface area (TPSA) is 74.3 Å². The third-order valence-corrected chi connectivity index (χ3v) is 4.53. The fourth-order valence-electron chi connectivity index (χ4n) is 3.10. The summed E-state index contributed by atoms with van der Waals surface area (Å²) in [5.41, 5.74) is 0. The van der Waals surface area contributed by atoms with Gasteiger partial charge in [-0.1, -0.05) is 18.9 Å². The lowest BCUT2D eigenvalue weighted by Gasteiger charge is -2.28. The maximum absolute atomic E-state index is 12.9. The van der Waals surface area contributed by atoms with E-state index in [1.807, 2.05) is 4.90 Å². The average molecular weight is 365 g/mol. The lowest BCUT2D eigenvalue weighted by atomic mass is 10.1. The van der Waals surface area contributed by atoms with Crippen LogP contribution < -0.4 is 14.2 Å². The Hall–Kier alpha value is -2.28. The number of hydrogen-bond acceptors (Lipinski definition) is 7. The molecule has 0 aliphatic carbocycles. The van der Waals surface area contributed by atoms with Gasteiger partial charge in [-0.2, -0.15) is 0 Å². The number of carbonyl (C=O) groups excluding carboxylic acids is 2. The van der Waals surface area contributed by atoms with Crippen molar-refractivity contribution in [3.8, 4) is 17.2 Å². The van der Waals surface area contributed by atoms with Crippen molar-refractivity contribution in [2.75, 3.05) is 34.4 Å². The van der Waals surface area contributed by atoms with E-state index in [9.17, 15) is 9.59 Å². The molecule has 0 radical (unpaired) electrons. The normalized spacial score (nSPS) is 16.3. The highest BCUT2D eigenvalue weighted by atomic mass is 16.6. The maximum Gasteiger partial charge on any atom is 0.329 e. The molecule has 1 aromatic rings. The number of ether oxygens (including phenoxy) is 4. The lowest BCUT2D eigenvalue weighted by molar-refractivity contribution is -0.149. The predicted octanol–water partition coefficient (Wildman–Crippen LogP) is 2.42. The first-order valence-electron chi connectivity index (χ1n) is 8.84. The molecule has 1 unspecified atom stereocenters. The van der Waals surface area contributed by atoms with E-state index in [0.717, 1.165) is 38.8 Å². The Morgan fingerprint density at radius 2 is 1.58 bits per heavy atom. The molecule has 144 valence electrons. The number of carbonyl (C=O) groups is 2. The number of para-hydroxylation sites is 1. The van der Waals surface area contributed by atoms with E-state index in [1.54, 1.807) is 18.2 Å². The minimum Gasteiger partial charge on any atom is -0.493 e. The largest absolute Gasteiger partial charge is 0.493 e. The van der Waals surface area contributed by atoms with Gasteiger partial charge < -0.3 is 18.9 Å². The summed E-state index contributed by atoms with van der Waals surface area (Å²) in [7, 11) is 4.30. The molecule has 7 heteroatoms. The standard InChI is InChI=1S/C19H27NO6/c1-23-15-9-8-10-16(24-2)18(15)26-19(22)14(13-17(21)25-3)20-11-6-4-5-7-12-20/h8-10,14H,4-7,11-13H2,1-3H3. The number of esters is 2. The summed E-state index contributed by atoms with van der Waals surface area (Å²) >= 11 is 0. The van der Waals surface area contributed by atoms with Crippen molar-refractivity contribution < 1.29 is 28.5 Å². The molecule has 0 aromatic heterocycles. The monoisotopic (exact) mass is 365 g/mol. The second-order valence-corrected chi connectivity index (χ2v) is 6.16. The van der Waals surface area contributed by atoms with E-state index in [2.05, 4.69) is 0 Å². The minimum absolute atomic E-state index is 0.0488. The van der Waals surface area contributed by atoms with Crippen molar-refractivity contribution in [3.05, 3.63) is 18.2 Å². The van der Waals surface area contributed by atoms with Gasteiger partial charge in [-0.25, -0.2) is 4.79 Å². The Morgan fingerprint density at radius 3 is 2.08 bits per heavy atom. The van der Waals surface area contributed by atoms with Crippen molar-refractivity contribution in [2.24, 2.45) is 0 Å². The van der Waals surface area contributed by atoms with Crippen molar-refractivity contribution in [1.82, 2.24) is 4.90 Å². The maximum atomic E-state index is 12.9. The molecule has 1 heterocycles. The summed E-state index contributed by atoms with van der Waals surface area (Å²) in [5.74, 6) is 0.0474. The molecule has 0 saturated carbocycles. The molecule has 0 bridgehead atoms. The van der Waals surface area contributed by atoms with Crippen molar-refractivity contribution >= 4 is 11.9 Å². The van der Waals surface area contributed by atoms with E-state index in [4.69, 9.17) is 18.9 Å². The lowest BCUT2D eigenvalue weighted by Crippen LogP contribution is -2.45. The molecule has 7 nitrogen and oxygen atoms in total. The van der Waals surface area contributed by atoms with Gasteiger partial charge >= 0.3 is 11.9 Å². The molecule has 1 aliphatic heterocycles. The smallest absolute Gasteiger partial charge is 0.329 e. The summed E-state index contributed by atoms with van der Waals surface area (Å²) in [6, 6.07) is 4.42. The molecule has 0 amide bonds. The van der Waals surface area contributed by atoms with Crippen LogP contribution in [0.2, 0.25) is 0 Å². The molecule has 1 aromatic carbocycles. The first-order chi connectivity index (χ1) is 12.6. The third kappa shape index (κ3) is 5.11. The van der Waals surface area contributed by atoms with Crippen LogP contribution in [0.15, 0.2) is 18.2 Å². The van der Waals surface area contributed by atoms with Crippen molar-refractivity contribution in [2.45, 2.75) is 38.1 Å². The molecule has 0 N–H and O–H groups in total. The minimum atomic E-state index is -0.699. The summed E-state index contributed by atoms with van der Waals surface area (Å²) in [5, 5.41) is 0. The Kier molecular flexibility index (Phi) is 7.72. The Labute approximate surface area is 154 Å². The molecule has 2 rings (SSSR count). The van der Waals surface area contributed by atoms with E-state index in [-0.39, 0.29) is 12.2 Å². The number of benzene rings is 1. The summed E-state index contributed by atoms with van der Waals surface area (Å²) < 4.78 is 20.9. The van der Waals surface area contributed by atoms with Crippen LogP contribution in [0, 0.1) is 0 Å². The molecule has 1 saturated heterocycles. The van der Waals surface area contributed by atoms with Gasteiger partial charge in [0.1, 0.15) is 6.04 Å². The summed E-state index contributed by atoms with van der Waals surface area (Å²) in [6.45, 7) is 1.50. The van der Waals surface area contributed by atoms with Gasteiger partial charge in [-0.3, -0.25) is 9.69 Å². The van der Waals surface area contributed by atoms with Crippen LogP contribution in [0.3, 0.4) is 0 Å². The van der Waals surface area contributed by atoms with Crippen LogP contribution in [-0.2, 0) is 14.3 Å². The molecule has 26 heavy (non-hydrogen) atoms. The molecular weight excluding hydrogens is 338 g/mol. The second-order valence-electron chi connectivity index (χ2n) is 6.16. The van der Waals surface area contributed by atoms with Gasteiger partial charge in [0.15, 0.2) is 11.5 Å². The number of methoxy groups -OCH3 is 3. The van der Waals surface area contributed by atoms with Crippen LogP contribution in [0.5, 0.6) is 17.2 Å². The fraction of sp³-hybridized carbons (Fsp3) is 0.579. The second kappa shape index (κ2) is 10.0. The number of nitrogens with zero attached hydrogens (tertiary/aromatic N) is 1. The van der Waals surface area contributed by atoms with Crippen LogP contribution >= 0.6 is 0 Å². The third-order valence-electron chi connectivity index (χ3n) is 4.53. The van der Waals surface area contributed by atoms with Gasteiger partial charge in [0, 0.05) is 0 Å². The average Bonchev–Trinajstić information content (AvgIpc) is 2.95. The Morgan fingerprint density at radius 1 is 1.00 bits per heavy atom. The first-order valence-corrected chi connectivity index (χ1v) is 8.84. The van der Waals surface area contributed by atoms with Crippen LogP contribution in [0.4, 0.5) is 0 Å². The quantitative estimate of drug-likeness (QED) is 0.543.